The number of rotatable bonds is 6. The lowest BCUT2D eigenvalue weighted by atomic mass is 10.2. The second-order valence-corrected chi connectivity index (χ2v) is 7.54. The molecule has 0 atom stereocenters. The maximum absolute atomic E-state index is 12.7. The number of hydrogen-bond acceptors (Lipinski definition) is 7. The van der Waals surface area contributed by atoms with Crippen LogP contribution in [0.5, 0.6) is 11.6 Å². The minimum atomic E-state index is -4.47. The van der Waals surface area contributed by atoms with E-state index in [1.807, 2.05) is 0 Å². The molecule has 0 bridgehead atoms. The molecule has 0 saturated heterocycles. The Kier molecular flexibility index (Phi) is 7.15. The fraction of sp³-hybridized carbons (Fsp3) is 0.0870. The largest absolute Gasteiger partial charge is 0.438 e. The third kappa shape index (κ3) is 5.96. The summed E-state index contributed by atoms with van der Waals surface area (Å²) < 4.78 is 44.1. The number of urea groups is 1. The number of amides is 2. The molecule has 2 aromatic heterocycles. The minimum Gasteiger partial charge on any atom is -0.438 e. The van der Waals surface area contributed by atoms with Gasteiger partial charge in [0, 0.05) is 25.0 Å². The molecule has 2 heterocycles. The van der Waals surface area contributed by atoms with Crippen molar-refractivity contribution < 1.29 is 22.7 Å². The molecule has 36 heavy (non-hydrogen) atoms. The van der Waals surface area contributed by atoms with Gasteiger partial charge in [-0.3, -0.25) is 0 Å². The molecule has 4 rings (SSSR count). The molecule has 2 amide bonds. The topological polar surface area (TPSA) is 114 Å². The van der Waals surface area contributed by atoms with Gasteiger partial charge in [-0.25, -0.2) is 19.7 Å². The van der Waals surface area contributed by atoms with Gasteiger partial charge in [0.1, 0.15) is 12.1 Å². The van der Waals surface area contributed by atoms with Gasteiger partial charge in [0.2, 0.25) is 11.8 Å². The molecule has 4 aromatic rings. The molecule has 0 spiro atoms. The second kappa shape index (κ2) is 10.4. The van der Waals surface area contributed by atoms with Gasteiger partial charge in [0.15, 0.2) is 5.82 Å². The first kappa shape index (κ1) is 24.7. The number of benzene rings is 2. The molecule has 0 aliphatic rings. The Bertz CT molecular complexity index is 1380. The first-order chi connectivity index (χ1) is 17.2. The molecule has 0 aliphatic heterocycles. The maximum atomic E-state index is 12.7. The predicted molar refractivity (Wildman–Crippen MR) is 128 cm³/mol. The number of alkyl halides is 3. The van der Waals surface area contributed by atoms with Crippen LogP contribution in [0.3, 0.4) is 0 Å². The van der Waals surface area contributed by atoms with E-state index in [4.69, 9.17) is 16.3 Å². The van der Waals surface area contributed by atoms with E-state index >= 15 is 0 Å². The number of ether oxygens (including phenoxy) is 1. The highest BCUT2D eigenvalue weighted by atomic mass is 35.5. The summed E-state index contributed by atoms with van der Waals surface area (Å²) in [5.74, 6) is 1.20. The third-order valence-electron chi connectivity index (χ3n) is 4.68. The number of nitrogens with one attached hydrogen (secondary N) is 3. The van der Waals surface area contributed by atoms with Gasteiger partial charge in [-0.2, -0.15) is 18.2 Å². The van der Waals surface area contributed by atoms with Crippen LogP contribution in [0, 0.1) is 0 Å². The van der Waals surface area contributed by atoms with Gasteiger partial charge in [0.25, 0.3) is 0 Å². The average molecular weight is 516 g/mol. The van der Waals surface area contributed by atoms with Gasteiger partial charge >= 0.3 is 12.2 Å². The molecule has 3 N–H and O–H groups in total. The molecule has 184 valence electrons. The van der Waals surface area contributed by atoms with E-state index in [1.165, 1.54) is 24.7 Å². The van der Waals surface area contributed by atoms with Crippen LogP contribution in [0.1, 0.15) is 5.56 Å². The maximum Gasteiger partial charge on any atom is 0.416 e. The first-order valence-electron chi connectivity index (χ1n) is 10.3. The standard InChI is InChI=1S/C23H17ClF3N7O2/c1-28-21-31-12-30-19(34-21)16-3-2-10-29-20(16)36-15-8-9-17(24)18(11-15)33-22(35)32-14-6-4-13(5-7-14)23(25,26)27/h2-12H,1H3,(H2,32,33,35)(H,28,30,31,34). The van der Waals surface area contributed by atoms with Crippen LogP contribution in [0.15, 0.2) is 67.1 Å². The number of aromatic nitrogens is 4. The van der Waals surface area contributed by atoms with Crippen molar-refractivity contribution in [3.8, 4) is 23.0 Å². The summed E-state index contributed by atoms with van der Waals surface area (Å²) in [7, 11) is 1.68. The molecule has 0 unspecified atom stereocenters. The SMILES string of the molecule is CNc1ncnc(-c2cccnc2Oc2ccc(Cl)c(NC(=O)Nc3ccc(C(F)(F)F)cc3)c2)n1. The monoisotopic (exact) mass is 515 g/mol. The van der Waals surface area contributed by atoms with Crippen LogP contribution < -0.4 is 20.7 Å². The molecular weight excluding hydrogens is 499 g/mol. The van der Waals surface area contributed by atoms with Crippen LogP contribution in [0.25, 0.3) is 11.4 Å². The van der Waals surface area contributed by atoms with Crippen molar-refractivity contribution in [2.45, 2.75) is 6.18 Å². The number of carbonyl (C=O) groups excluding carboxylic acids is 1. The highest BCUT2D eigenvalue weighted by molar-refractivity contribution is 6.33. The van der Waals surface area contributed by atoms with E-state index in [-0.39, 0.29) is 22.3 Å². The minimum absolute atomic E-state index is 0.167. The number of carbonyl (C=O) groups is 1. The van der Waals surface area contributed by atoms with Crippen LogP contribution in [-0.2, 0) is 6.18 Å². The summed E-state index contributed by atoms with van der Waals surface area (Å²) >= 11 is 6.21. The van der Waals surface area contributed by atoms with Crippen LogP contribution >= 0.6 is 11.6 Å². The van der Waals surface area contributed by atoms with E-state index in [0.717, 1.165) is 24.3 Å². The lowest BCUT2D eigenvalue weighted by molar-refractivity contribution is -0.137. The lowest BCUT2D eigenvalue weighted by Crippen LogP contribution is -2.19. The Hall–Kier alpha value is -4.45. The van der Waals surface area contributed by atoms with Crippen molar-refractivity contribution in [1.82, 2.24) is 19.9 Å². The van der Waals surface area contributed by atoms with Crippen molar-refractivity contribution in [1.29, 1.82) is 0 Å². The fourth-order valence-corrected chi connectivity index (χ4v) is 3.16. The van der Waals surface area contributed by atoms with Gasteiger partial charge < -0.3 is 20.7 Å². The highest BCUT2D eigenvalue weighted by Gasteiger charge is 2.30. The zero-order valence-electron chi connectivity index (χ0n) is 18.5. The lowest BCUT2D eigenvalue weighted by Gasteiger charge is -2.13. The highest BCUT2D eigenvalue weighted by Crippen LogP contribution is 2.33. The molecule has 2 aromatic carbocycles. The van der Waals surface area contributed by atoms with E-state index in [1.54, 1.807) is 25.2 Å². The number of hydrogen-bond donors (Lipinski definition) is 3. The zero-order valence-corrected chi connectivity index (χ0v) is 19.2. The van der Waals surface area contributed by atoms with Crippen molar-refractivity contribution in [2.24, 2.45) is 0 Å². The van der Waals surface area contributed by atoms with Gasteiger partial charge in [-0.15, -0.1) is 0 Å². The molecule has 0 saturated carbocycles. The summed E-state index contributed by atoms with van der Waals surface area (Å²) in [6.07, 6.45) is -1.59. The van der Waals surface area contributed by atoms with Crippen molar-refractivity contribution in [2.75, 3.05) is 23.0 Å². The molecule has 0 aliphatic carbocycles. The summed E-state index contributed by atoms with van der Waals surface area (Å²) in [5, 5.41) is 8.04. The van der Waals surface area contributed by atoms with Crippen molar-refractivity contribution >= 4 is 35.0 Å². The Morgan fingerprint density at radius 3 is 2.50 bits per heavy atom. The van der Waals surface area contributed by atoms with E-state index in [2.05, 4.69) is 35.9 Å². The second-order valence-electron chi connectivity index (χ2n) is 7.14. The smallest absolute Gasteiger partial charge is 0.416 e. The van der Waals surface area contributed by atoms with Crippen LogP contribution in [0.2, 0.25) is 5.02 Å². The summed E-state index contributed by atoms with van der Waals surface area (Å²) in [4.78, 5) is 29.1. The molecular formula is C23H17ClF3N7O2. The Labute approximate surface area is 207 Å². The van der Waals surface area contributed by atoms with E-state index in [9.17, 15) is 18.0 Å². The van der Waals surface area contributed by atoms with E-state index in [0.29, 0.717) is 23.1 Å². The Morgan fingerprint density at radius 1 is 1.00 bits per heavy atom. The van der Waals surface area contributed by atoms with Gasteiger partial charge in [-0.05, 0) is 48.5 Å². The molecule has 13 heteroatoms. The Morgan fingerprint density at radius 2 is 1.78 bits per heavy atom. The predicted octanol–water partition coefficient (Wildman–Crippen LogP) is 6.08. The zero-order chi connectivity index (χ0) is 25.7. The summed E-state index contributed by atoms with van der Waals surface area (Å²) in [6, 6.07) is 11.3. The quantitative estimate of drug-likeness (QED) is 0.285. The average Bonchev–Trinajstić information content (AvgIpc) is 2.86. The van der Waals surface area contributed by atoms with Crippen molar-refractivity contribution in [3.05, 3.63) is 77.7 Å². The Balaban J connectivity index is 1.50. The van der Waals surface area contributed by atoms with Gasteiger partial charge in [0.05, 0.1) is 21.8 Å². The van der Waals surface area contributed by atoms with Crippen LogP contribution in [0.4, 0.5) is 35.3 Å². The number of anilines is 3. The summed E-state index contributed by atoms with van der Waals surface area (Å²) in [5.41, 5.74) is 0.0460. The molecule has 9 nitrogen and oxygen atoms in total. The normalized spacial score (nSPS) is 11.0. The third-order valence-corrected chi connectivity index (χ3v) is 5.01. The van der Waals surface area contributed by atoms with Gasteiger partial charge in [-0.1, -0.05) is 11.6 Å². The number of nitrogens with zero attached hydrogens (tertiary/aromatic N) is 4. The van der Waals surface area contributed by atoms with Crippen LogP contribution in [-0.4, -0.2) is 33.0 Å². The first-order valence-corrected chi connectivity index (χ1v) is 10.7. The van der Waals surface area contributed by atoms with E-state index < -0.39 is 17.8 Å². The fourth-order valence-electron chi connectivity index (χ4n) is 2.99. The number of halogens is 4. The molecule has 0 radical (unpaired) electrons. The number of pyridine rings is 1. The van der Waals surface area contributed by atoms with Crippen molar-refractivity contribution in [3.63, 3.8) is 0 Å². The summed E-state index contributed by atoms with van der Waals surface area (Å²) in [6.45, 7) is 0. The molecule has 0 fully saturated rings.